The van der Waals surface area contributed by atoms with Gasteiger partial charge >= 0.3 is 18.5 Å². The predicted molar refractivity (Wildman–Crippen MR) is 122 cm³/mol. The van der Waals surface area contributed by atoms with Crippen LogP contribution in [0.4, 0.5) is 39.5 Å². The van der Waals surface area contributed by atoms with Crippen LogP contribution in [-0.4, -0.2) is 18.1 Å². The molecule has 1 aliphatic rings. The standard InChI is InChI=1S/C24H16Cl3F9O/c25-17-8-13(9-18(26)20(17)27)15(23(31,32)33)4-2-12-1-3-14(16(7-12)24(34,35)36)19(37)10-21(5-6-21)11-22(28,29)30/h1-4,7-9,15H,5-6,10-11H2/b4-2+. The minimum atomic E-state index is -5.09. The van der Waals surface area contributed by atoms with Gasteiger partial charge in [0.25, 0.3) is 0 Å². The third kappa shape index (κ3) is 7.57. The lowest BCUT2D eigenvalue weighted by molar-refractivity contribution is -0.147. The molecule has 1 atom stereocenters. The summed E-state index contributed by atoms with van der Waals surface area (Å²) in [6.45, 7) is 0. The zero-order valence-electron chi connectivity index (χ0n) is 18.4. The monoisotopic (exact) mass is 596 g/mol. The zero-order chi connectivity index (χ0) is 28.0. The molecule has 0 spiro atoms. The highest BCUT2D eigenvalue weighted by molar-refractivity contribution is 6.48. The molecule has 202 valence electrons. The van der Waals surface area contributed by atoms with E-state index in [9.17, 15) is 44.3 Å². The van der Waals surface area contributed by atoms with Crippen LogP contribution in [0.15, 0.2) is 36.4 Å². The van der Waals surface area contributed by atoms with Crippen LogP contribution in [0.1, 0.15) is 58.6 Å². The number of carbonyl (C=O) groups excluding carboxylic acids is 1. The average molecular weight is 598 g/mol. The van der Waals surface area contributed by atoms with Crippen LogP contribution in [-0.2, 0) is 6.18 Å². The molecule has 0 aromatic heterocycles. The highest BCUT2D eigenvalue weighted by atomic mass is 35.5. The van der Waals surface area contributed by atoms with Crippen molar-refractivity contribution < 1.29 is 44.3 Å². The van der Waals surface area contributed by atoms with Crippen LogP contribution in [0.25, 0.3) is 6.08 Å². The van der Waals surface area contributed by atoms with Crippen LogP contribution in [0, 0.1) is 5.41 Å². The number of carbonyl (C=O) groups is 1. The second-order valence-corrected chi connectivity index (χ2v) is 10.1. The fourth-order valence-electron chi connectivity index (χ4n) is 3.97. The molecule has 1 saturated carbocycles. The Kier molecular flexibility index (Phi) is 8.28. The van der Waals surface area contributed by atoms with E-state index in [-0.39, 0.29) is 33.5 Å². The largest absolute Gasteiger partial charge is 0.417 e. The summed E-state index contributed by atoms with van der Waals surface area (Å²) >= 11 is 17.4. The Balaban J connectivity index is 1.94. The number of alkyl halides is 9. The third-order valence-electron chi connectivity index (χ3n) is 5.92. The van der Waals surface area contributed by atoms with E-state index in [1.54, 1.807) is 0 Å². The summed E-state index contributed by atoms with van der Waals surface area (Å²) in [4.78, 5) is 12.6. The van der Waals surface area contributed by atoms with Gasteiger partial charge < -0.3 is 0 Å². The van der Waals surface area contributed by atoms with E-state index in [0.29, 0.717) is 12.1 Å². The van der Waals surface area contributed by atoms with Gasteiger partial charge in [0, 0.05) is 18.4 Å². The lowest BCUT2D eigenvalue weighted by atomic mass is 9.89. The van der Waals surface area contributed by atoms with Crippen LogP contribution < -0.4 is 0 Å². The normalized spacial score (nSPS) is 16.8. The maximum atomic E-state index is 13.7. The summed E-state index contributed by atoms with van der Waals surface area (Å²) in [6, 6.07) is 4.07. The summed E-state index contributed by atoms with van der Waals surface area (Å²) in [7, 11) is 0. The van der Waals surface area contributed by atoms with Crippen molar-refractivity contribution in [1.29, 1.82) is 0 Å². The fraction of sp³-hybridized carbons (Fsp3) is 0.375. The molecule has 0 N–H and O–H groups in total. The first kappa shape index (κ1) is 29.6. The van der Waals surface area contributed by atoms with Gasteiger partial charge in [-0.1, -0.05) is 59.1 Å². The molecule has 0 aliphatic heterocycles. The lowest BCUT2D eigenvalue weighted by Gasteiger charge is -2.19. The van der Waals surface area contributed by atoms with E-state index in [1.165, 1.54) is 0 Å². The molecule has 1 unspecified atom stereocenters. The molecule has 0 radical (unpaired) electrons. The van der Waals surface area contributed by atoms with E-state index in [0.717, 1.165) is 30.3 Å². The van der Waals surface area contributed by atoms with E-state index >= 15 is 0 Å². The Morgan fingerprint density at radius 3 is 1.95 bits per heavy atom. The minimum absolute atomic E-state index is 0.0536. The number of Topliss-reactive ketones (excluding diaryl/α,β-unsaturated/α-hetero) is 1. The molecule has 1 aliphatic carbocycles. The average Bonchev–Trinajstić information content (AvgIpc) is 3.47. The topological polar surface area (TPSA) is 17.1 Å². The van der Waals surface area contributed by atoms with Gasteiger partial charge in [-0.2, -0.15) is 39.5 Å². The van der Waals surface area contributed by atoms with Crippen molar-refractivity contribution in [3.8, 4) is 0 Å². The number of benzene rings is 2. The van der Waals surface area contributed by atoms with Crippen LogP contribution in [0.3, 0.4) is 0 Å². The summed E-state index contributed by atoms with van der Waals surface area (Å²) in [6.07, 6.45) is -15.1. The van der Waals surface area contributed by atoms with Crippen LogP contribution in [0.5, 0.6) is 0 Å². The lowest BCUT2D eigenvalue weighted by Crippen LogP contribution is -2.21. The van der Waals surface area contributed by atoms with Gasteiger partial charge in [-0.25, -0.2) is 0 Å². The summed E-state index contributed by atoms with van der Waals surface area (Å²) < 4.78 is 121. The Labute approximate surface area is 220 Å². The number of rotatable bonds is 7. The van der Waals surface area contributed by atoms with Crippen molar-refractivity contribution in [2.45, 2.75) is 50.1 Å². The summed E-state index contributed by atoms with van der Waals surface area (Å²) in [5.74, 6) is -3.43. The second-order valence-electron chi connectivity index (χ2n) is 8.87. The fourth-order valence-corrected chi connectivity index (χ4v) is 4.58. The Bertz CT molecular complexity index is 1190. The van der Waals surface area contributed by atoms with Gasteiger partial charge in [-0.15, -0.1) is 0 Å². The first-order chi connectivity index (χ1) is 16.8. The van der Waals surface area contributed by atoms with Crippen LogP contribution in [0.2, 0.25) is 15.1 Å². The maximum absolute atomic E-state index is 13.7. The van der Waals surface area contributed by atoms with Crippen molar-refractivity contribution in [2.24, 2.45) is 5.41 Å². The van der Waals surface area contributed by atoms with Gasteiger partial charge in [-0.05, 0) is 47.6 Å². The highest BCUT2D eigenvalue weighted by Crippen LogP contribution is 2.56. The quantitative estimate of drug-likeness (QED) is 0.176. The molecule has 1 nitrogen and oxygen atoms in total. The molecular weight excluding hydrogens is 582 g/mol. The van der Waals surface area contributed by atoms with E-state index < -0.39 is 65.2 Å². The number of hydrogen-bond acceptors (Lipinski definition) is 1. The molecule has 13 heteroatoms. The number of hydrogen-bond donors (Lipinski definition) is 0. The summed E-state index contributed by atoms with van der Waals surface area (Å²) in [5.41, 5.74) is -4.46. The van der Waals surface area contributed by atoms with Crippen molar-refractivity contribution in [3.05, 3.63) is 73.7 Å². The van der Waals surface area contributed by atoms with Gasteiger partial charge in [0.15, 0.2) is 5.78 Å². The van der Waals surface area contributed by atoms with Gasteiger partial charge in [-0.3, -0.25) is 4.79 Å². The third-order valence-corrected chi connectivity index (χ3v) is 7.11. The maximum Gasteiger partial charge on any atom is 0.417 e. The summed E-state index contributed by atoms with van der Waals surface area (Å²) in [5, 5.41) is -0.684. The van der Waals surface area contributed by atoms with Gasteiger partial charge in [0.2, 0.25) is 0 Å². The molecule has 1 fully saturated rings. The van der Waals surface area contributed by atoms with Gasteiger partial charge in [0.1, 0.15) is 0 Å². The molecule has 2 aromatic rings. The first-order valence-electron chi connectivity index (χ1n) is 10.5. The Morgan fingerprint density at radius 1 is 0.919 bits per heavy atom. The van der Waals surface area contributed by atoms with E-state index in [4.69, 9.17) is 34.8 Å². The molecule has 37 heavy (non-hydrogen) atoms. The highest BCUT2D eigenvalue weighted by Gasteiger charge is 2.52. The molecular formula is C24H16Cl3F9O. The number of allylic oxidation sites excluding steroid dienone is 1. The van der Waals surface area contributed by atoms with Crippen molar-refractivity contribution >= 4 is 46.7 Å². The number of ketones is 1. The predicted octanol–water partition coefficient (Wildman–Crippen LogP) is 10.3. The van der Waals surface area contributed by atoms with E-state index in [2.05, 4.69) is 0 Å². The SMILES string of the molecule is O=C(CC1(CC(F)(F)F)CC1)c1ccc(/C=C/C(c2cc(Cl)c(Cl)c(Cl)c2)C(F)(F)F)cc1C(F)(F)F. The van der Waals surface area contributed by atoms with Crippen molar-refractivity contribution in [3.63, 3.8) is 0 Å². The molecule has 3 rings (SSSR count). The minimum Gasteiger partial charge on any atom is -0.294 e. The number of halogens is 12. The molecule has 0 bridgehead atoms. The van der Waals surface area contributed by atoms with Crippen molar-refractivity contribution in [2.75, 3.05) is 0 Å². The van der Waals surface area contributed by atoms with Gasteiger partial charge in [0.05, 0.1) is 26.5 Å². The van der Waals surface area contributed by atoms with E-state index in [1.807, 2.05) is 0 Å². The molecule has 0 heterocycles. The zero-order valence-corrected chi connectivity index (χ0v) is 20.7. The Hall–Kier alpha value is -1.91. The Morgan fingerprint density at radius 2 is 1.49 bits per heavy atom. The first-order valence-corrected chi connectivity index (χ1v) is 11.7. The van der Waals surface area contributed by atoms with Crippen molar-refractivity contribution in [1.82, 2.24) is 0 Å². The molecule has 0 saturated heterocycles. The van der Waals surface area contributed by atoms with Crippen LogP contribution >= 0.6 is 34.8 Å². The molecule has 2 aromatic carbocycles. The smallest absolute Gasteiger partial charge is 0.294 e. The molecule has 0 amide bonds. The second kappa shape index (κ2) is 10.3.